The molecule has 4 aromatic carbocycles. The molecule has 0 aliphatic carbocycles. The predicted octanol–water partition coefficient (Wildman–Crippen LogP) is 6.32. The molecule has 0 radical (unpaired) electrons. The molecule has 1 aliphatic rings. The van der Waals surface area contributed by atoms with E-state index in [1.807, 2.05) is 42.5 Å². The molecule has 0 bridgehead atoms. The minimum absolute atomic E-state index is 0.178. The van der Waals surface area contributed by atoms with Crippen LogP contribution in [0.1, 0.15) is 36.6 Å². The maximum atomic E-state index is 14.2. The number of hydrogen-bond donors (Lipinski definition) is 0. The summed E-state index contributed by atoms with van der Waals surface area (Å²) in [4.78, 5) is 32.5. The van der Waals surface area contributed by atoms with E-state index >= 15 is 0 Å². The molecule has 1 aromatic heterocycles. The van der Waals surface area contributed by atoms with Crippen LogP contribution in [0.15, 0.2) is 106 Å². The summed E-state index contributed by atoms with van der Waals surface area (Å²) in [5.74, 6) is -0.296. The van der Waals surface area contributed by atoms with Crippen LogP contribution in [-0.4, -0.2) is 17.1 Å². The van der Waals surface area contributed by atoms with Gasteiger partial charge in [0.15, 0.2) is 4.80 Å². The van der Waals surface area contributed by atoms with Crippen LogP contribution >= 0.6 is 22.9 Å². The van der Waals surface area contributed by atoms with Gasteiger partial charge in [-0.25, -0.2) is 14.2 Å². The van der Waals surface area contributed by atoms with E-state index in [-0.39, 0.29) is 30.2 Å². The number of rotatable bonds is 7. The SMILES string of the molecule is CCOC(=O)C1=C(C)N=c2s/c(=C\c3c(OCc4ccc(F)cc4)ccc4ccccc34)c(=O)n2[C@H]1c1ccccc1Cl. The summed E-state index contributed by atoms with van der Waals surface area (Å²) >= 11 is 7.85. The third kappa shape index (κ3) is 5.51. The lowest BCUT2D eigenvalue weighted by Crippen LogP contribution is -2.40. The van der Waals surface area contributed by atoms with Gasteiger partial charge >= 0.3 is 5.97 Å². The van der Waals surface area contributed by atoms with Crippen molar-refractivity contribution in [1.82, 2.24) is 4.57 Å². The number of carbonyl (C=O) groups is 1. The number of carbonyl (C=O) groups excluding carboxylic acids is 1. The number of allylic oxidation sites excluding steroid dienone is 1. The van der Waals surface area contributed by atoms with Crippen LogP contribution in [0.5, 0.6) is 5.75 Å². The Kier molecular flexibility index (Phi) is 7.97. The first-order valence-corrected chi connectivity index (χ1v) is 14.9. The topological polar surface area (TPSA) is 69.9 Å². The van der Waals surface area contributed by atoms with Crippen molar-refractivity contribution in [3.8, 4) is 5.75 Å². The van der Waals surface area contributed by atoms with E-state index < -0.39 is 12.0 Å². The molecular formula is C34H26ClFN2O4S. The molecule has 43 heavy (non-hydrogen) atoms. The first-order chi connectivity index (χ1) is 20.9. The van der Waals surface area contributed by atoms with Crippen LogP contribution in [0, 0.1) is 5.82 Å². The Labute approximate surface area is 255 Å². The van der Waals surface area contributed by atoms with Gasteiger partial charge in [0, 0.05) is 10.6 Å². The first kappa shape index (κ1) is 28.6. The highest BCUT2D eigenvalue weighted by Crippen LogP contribution is 2.35. The Hall–Kier alpha value is -4.53. The fraction of sp³-hybridized carbons (Fsp3) is 0.147. The Bertz CT molecular complexity index is 2080. The van der Waals surface area contributed by atoms with Gasteiger partial charge < -0.3 is 9.47 Å². The van der Waals surface area contributed by atoms with E-state index in [2.05, 4.69) is 4.99 Å². The predicted molar refractivity (Wildman–Crippen MR) is 167 cm³/mol. The van der Waals surface area contributed by atoms with Gasteiger partial charge in [-0.15, -0.1) is 0 Å². The summed E-state index contributed by atoms with van der Waals surface area (Å²) < 4.78 is 27.0. The molecule has 2 heterocycles. The van der Waals surface area contributed by atoms with Crippen LogP contribution in [0.4, 0.5) is 4.39 Å². The number of hydrogen-bond acceptors (Lipinski definition) is 6. The fourth-order valence-electron chi connectivity index (χ4n) is 5.21. The van der Waals surface area contributed by atoms with Crippen molar-refractivity contribution in [1.29, 1.82) is 0 Å². The zero-order valence-corrected chi connectivity index (χ0v) is 24.9. The molecule has 6 nitrogen and oxygen atoms in total. The highest BCUT2D eigenvalue weighted by molar-refractivity contribution is 7.07. The third-order valence-corrected chi connectivity index (χ3v) is 8.56. The number of aromatic nitrogens is 1. The Morgan fingerprint density at radius 1 is 1.05 bits per heavy atom. The number of fused-ring (bicyclic) bond motifs is 2. The van der Waals surface area contributed by atoms with E-state index in [4.69, 9.17) is 21.1 Å². The lowest BCUT2D eigenvalue weighted by Gasteiger charge is -2.25. The van der Waals surface area contributed by atoms with E-state index in [1.54, 1.807) is 50.3 Å². The molecule has 0 saturated carbocycles. The van der Waals surface area contributed by atoms with E-state index in [0.29, 0.717) is 31.4 Å². The zero-order chi connectivity index (χ0) is 30.1. The minimum atomic E-state index is -0.812. The van der Waals surface area contributed by atoms with Crippen molar-refractivity contribution in [2.24, 2.45) is 4.99 Å². The summed E-state index contributed by atoms with van der Waals surface area (Å²) in [5.41, 5.74) is 2.54. The Morgan fingerprint density at radius 2 is 1.79 bits per heavy atom. The molecular weight excluding hydrogens is 587 g/mol. The highest BCUT2D eigenvalue weighted by Gasteiger charge is 2.34. The van der Waals surface area contributed by atoms with Gasteiger partial charge in [-0.3, -0.25) is 9.36 Å². The summed E-state index contributed by atoms with van der Waals surface area (Å²) in [5, 5.41) is 2.30. The number of ether oxygens (including phenoxy) is 2. The lowest BCUT2D eigenvalue weighted by atomic mass is 9.96. The maximum Gasteiger partial charge on any atom is 0.338 e. The molecule has 0 N–H and O–H groups in total. The molecule has 5 aromatic rings. The monoisotopic (exact) mass is 612 g/mol. The smallest absolute Gasteiger partial charge is 0.338 e. The van der Waals surface area contributed by atoms with E-state index in [0.717, 1.165) is 21.9 Å². The van der Waals surface area contributed by atoms with Gasteiger partial charge in [-0.1, -0.05) is 83.6 Å². The molecule has 9 heteroatoms. The minimum Gasteiger partial charge on any atom is -0.488 e. The van der Waals surface area contributed by atoms with Gasteiger partial charge in [0.1, 0.15) is 24.2 Å². The van der Waals surface area contributed by atoms with Crippen LogP contribution < -0.4 is 19.6 Å². The lowest BCUT2D eigenvalue weighted by molar-refractivity contribution is -0.139. The Balaban J connectivity index is 1.53. The van der Waals surface area contributed by atoms with Gasteiger partial charge in [-0.05, 0) is 66.1 Å². The molecule has 216 valence electrons. The van der Waals surface area contributed by atoms with E-state index in [9.17, 15) is 14.0 Å². The molecule has 6 rings (SSSR count). The fourth-order valence-corrected chi connectivity index (χ4v) is 6.47. The molecule has 0 fully saturated rings. The van der Waals surface area contributed by atoms with Crippen molar-refractivity contribution in [2.75, 3.05) is 6.61 Å². The number of benzene rings is 4. The van der Waals surface area contributed by atoms with Crippen LogP contribution in [0.3, 0.4) is 0 Å². The second-order valence-electron chi connectivity index (χ2n) is 9.94. The van der Waals surface area contributed by atoms with Gasteiger partial charge in [0.25, 0.3) is 5.56 Å². The number of nitrogens with zero attached hydrogens (tertiary/aromatic N) is 2. The van der Waals surface area contributed by atoms with Gasteiger partial charge in [-0.2, -0.15) is 0 Å². The first-order valence-electron chi connectivity index (χ1n) is 13.7. The summed E-state index contributed by atoms with van der Waals surface area (Å²) in [6.45, 7) is 3.86. The van der Waals surface area contributed by atoms with Crippen molar-refractivity contribution < 1.29 is 18.7 Å². The number of thiazole rings is 1. The second kappa shape index (κ2) is 12.0. The molecule has 0 unspecified atom stereocenters. The van der Waals surface area contributed by atoms with Crippen molar-refractivity contribution >= 4 is 45.8 Å². The van der Waals surface area contributed by atoms with Crippen molar-refractivity contribution in [3.05, 3.63) is 143 Å². The second-order valence-corrected chi connectivity index (χ2v) is 11.4. The van der Waals surface area contributed by atoms with Gasteiger partial charge in [0.05, 0.1) is 22.4 Å². The van der Waals surface area contributed by atoms with E-state index in [1.165, 1.54) is 28.0 Å². The summed E-state index contributed by atoms with van der Waals surface area (Å²) in [6.07, 6.45) is 1.80. The third-order valence-electron chi connectivity index (χ3n) is 7.23. The van der Waals surface area contributed by atoms with Crippen molar-refractivity contribution in [3.63, 3.8) is 0 Å². The van der Waals surface area contributed by atoms with Gasteiger partial charge in [0.2, 0.25) is 0 Å². The van der Waals surface area contributed by atoms with Crippen LogP contribution in [0.25, 0.3) is 16.8 Å². The van der Waals surface area contributed by atoms with Crippen molar-refractivity contribution in [2.45, 2.75) is 26.5 Å². The summed E-state index contributed by atoms with van der Waals surface area (Å²) in [7, 11) is 0. The normalized spacial score (nSPS) is 14.9. The van der Waals surface area contributed by atoms with Crippen LogP contribution in [0.2, 0.25) is 5.02 Å². The maximum absolute atomic E-state index is 14.2. The zero-order valence-electron chi connectivity index (χ0n) is 23.3. The molecule has 1 atom stereocenters. The largest absolute Gasteiger partial charge is 0.488 e. The standard InChI is InChI=1S/C34H26ClFN2O4S/c1-3-41-33(40)30-20(2)37-34-38(31(30)25-10-6-7-11-27(25)35)32(39)29(43-34)18-26-24-9-5-4-8-22(24)14-17-28(26)42-19-21-12-15-23(36)16-13-21/h4-18,31H,3,19H2,1-2H3/b29-18-/t31-/m0/s1. The number of halogens is 2. The average Bonchev–Trinajstić information content (AvgIpc) is 3.31. The molecule has 0 amide bonds. The highest BCUT2D eigenvalue weighted by atomic mass is 35.5. The molecule has 0 spiro atoms. The quantitative estimate of drug-likeness (QED) is 0.202. The molecule has 1 aliphatic heterocycles. The number of esters is 1. The van der Waals surface area contributed by atoms with Crippen LogP contribution in [-0.2, 0) is 16.1 Å². The summed E-state index contributed by atoms with van der Waals surface area (Å²) in [6, 6.07) is 24.1. The Morgan fingerprint density at radius 3 is 2.56 bits per heavy atom. The average molecular weight is 613 g/mol. The molecule has 0 saturated heterocycles.